The van der Waals surface area contributed by atoms with E-state index in [-0.39, 0.29) is 5.56 Å². The van der Waals surface area contributed by atoms with E-state index in [0.717, 1.165) is 11.1 Å². The number of nitrogens with one attached hydrogen (secondary N) is 1. The van der Waals surface area contributed by atoms with Crippen LogP contribution < -0.4 is 11.1 Å². The number of aromatic carboxylic acids is 1. The topological polar surface area (TPSA) is 75.4 Å². The lowest BCUT2D eigenvalue weighted by Crippen LogP contribution is -2.01. The molecule has 0 aliphatic rings. The van der Waals surface area contributed by atoms with Gasteiger partial charge in [-0.2, -0.15) is 0 Å². The molecule has 0 amide bonds. The molecule has 0 atom stereocenters. The number of hydrogen-bond acceptors (Lipinski definition) is 4. The van der Waals surface area contributed by atoms with Crippen LogP contribution in [-0.4, -0.2) is 11.1 Å². The van der Waals surface area contributed by atoms with Crippen molar-refractivity contribution in [1.82, 2.24) is 0 Å². The Balaban J connectivity index is 1.97. The molecular formula is C15H12N2O2S. The molecule has 100 valence electrons. The SMILES string of the molecule is Nc1ccc(C(=O)O)cc1Nc1ccc2sccc2c1. The summed E-state index contributed by atoms with van der Waals surface area (Å²) in [4.78, 5) is 11.0. The van der Waals surface area contributed by atoms with Crippen molar-refractivity contribution in [2.45, 2.75) is 0 Å². The number of hydrogen-bond donors (Lipinski definition) is 3. The quantitative estimate of drug-likeness (QED) is 0.637. The second-order valence-electron chi connectivity index (χ2n) is 4.41. The predicted octanol–water partition coefficient (Wildman–Crippen LogP) is 3.93. The molecule has 2 aromatic carbocycles. The molecule has 3 rings (SSSR count). The van der Waals surface area contributed by atoms with Crippen molar-refractivity contribution in [3.05, 3.63) is 53.4 Å². The third kappa shape index (κ3) is 2.31. The van der Waals surface area contributed by atoms with Gasteiger partial charge >= 0.3 is 5.97 Å². The fourth-order valence-corrected chi connectivity index (χ4v) is 2.77. The van der Waals surface area contributed by atoms with Crippen LogP contribution >= 0.6 is 11.3 Å². The highest BCUT2D eigenvalue weighted by Gasteiger charge is 2.07. The maximum Gasteiger partial charge on any atom is 0.335 e. The van der Waals surface area contributed by atoms with Gasteiger partial charge in [0, 0.05) is 10.4 Å². The summed E-state index contributed by atoms with van der Waals surface area (Å²) in [5, 5.41) is 15.4. The summed E-state index contributed by atoms with van der Waals surface area (Å²) < 4.78 is 1.21. The first-order chi connectivity index (χ1) is 9.63. The molecule has 0 fully saturated rings. The molecule has 20 heavy (non-hydrogen) atoms. The van der Waals surface area contributed by atoms with Gasteiger partial charge in [0.05, 0.1) is 16.9 Å². The minimum atomic E-state index is -0.971. The monoisotopic (exact) mass is 284 g/mol. The Kier molecular flexibility index (Phi) is 3.04. The number of carboxylic acid groups (broad SMARTS) is 1. The number of carbonyl (C=O) groups is 1. The number of carboxylic acids is 1. The zero-order valence-electron chi connectivity index (χ0n) is 10.5. The fraction of sp³-hybridized carbons (Fsp3) is 0. The Labute approximate surface area is 119 Å². The smallest absolute Gasteiger partial charge is 0.335 e. The number of fused-ring (bicyclic) bond motifs is 1. The summed E-state index contributed by atoms with van der Waals surface area (Å²) in [6, 6.07) is 12.7. The van der Waals surface area contributed by atoms with E-state index in [9.17, 15) is 4.79 Å². The standard InChI is InChI=1S/C15H12N2O2S/c16-12-3-1-10(15(18)19)8-13(12)17-11-2-4-14-9(7-11)5-6-20-14/h1-8,17H,16H2,(H,18,19). The second-order valence-corrected chi connectivity index (χ2v) is 5.35. The van der Waals surface area contributed by atoms with E-state index < -0.39 is 5.97 Å². The van der Waals surface area contributed by atoms with E-state index in [1.165, 1.54) is 16.8 Å². The van der Waals surface area contributed by atoms with Crippen molar-refractivity contribution < 1.29 is 9.90 Å². The minimum absolute atomic E-state index is 0.207. The van der Waals surface area contributed by atoms with Crippen LogP contribution in [0, 0.1) is 0 Å². The van der Waals surface area contributed by atoms with Gasteiger partial charge in [-0.25, -0.2) is 4.79 Å². The molecule has 0 saturated carbocycles. The Morgan fingerprint density at radius 2 is 2.00 bits per heavy atom. The number of rotatable bonds is 3. The first-order valence-corrected chi connectivity index (χ1v) is 6.88. The van der Waals surface area contributed by atoms with Crippen LogP contribution in [0.25, 0.3) is 10.1 Å². The average molecular weight is 284 g/mol. The van der Waals surface area contributed by atoms with Gasteiger partial charge in [-0.3, -0.25) is 0 Å². The van der Waals surface area contributed by atoms with Gasteiger partial charge in [-0.05, 0) is 53.2 Å². The lowest BCUT2D eigenvalue weighted by Gasteiger charge is -2.10. The van der Waals surface area contributed by atoms with Crippen molar-refractivity contribution in [3.8, 4) is 0 Å². The van der Waals surface area contributed by atoms with Crippen LogP contribution in [-0.2, 0) is 0 Å². The van der Waals surface area contributed by atoms with E-state index in [1.54, 1.807) is 17.4 Å². The van der Waals surface area contributed by atoms with Crippen molar-refractivity contribution in [3.63, 3.8) is 0 Å². The summed E-state index contributed by atoms with van der Waals surface area (Å²) in [5.41, 5.74) is 8.07. The highest BCUT2D eigenvalue weighted by Crippen LogP contribution is 2.28. The normalized spacial score (nSPS) is 10.6. The minimum Gasteiger partial charge on any atom is -0.478 e. The molecule has 0 unspecified atom stereocenters. The van der Waals surface area contributed by atoms with Crippen molar-refractivity contribution in [1.29, 1.82) is 0 Å². The molecule has 0 bridgehead atoms. The molecule has 4 nitrogen and oxygen atoms in total. The van der Waals surface area contributed by atoms with Crippen LogP contribution in [0.15, 0.2) is 47.8 Å². The molecule has 0 aliphatic carbocycles. The highest BCUT2D eigenvalue weighted by molar-refractivity contribution is 7.17. The predicted molar refractivity (Wildman–Crippen MR) is 82.9 cm³/mol. The number of thiophene rings is 1. The molecule has 0 saturated heterocycles. The van der Waals surface area contributed by atoms with Crippen molar-refractivity contribution in [2.75, 3.05) is 11.1 Å². The van der Waals surface area contributed by atoms with Crippen molar-refractivity contribution >= 4 is 44.5 Å². The largest absolute Gasteiger partial charge is 0.478 e. The summed E-state index contributed by atoms with van der Waals surface area (Å²) in [5.74, 6) is -0.971. The molecule has 0 radical (unpaired) electrons. The lowest BCUT2D eigenvalue weighted by molar-refractivity contribution is 0.0697. The van der Waals surface area contributed by atoms with Crippen LogP contribution in [0.4, 0.5) is 17.1 Å². The molecule has 0 aliphatic heterocycles. The maximum atomic E-state index is 11.0. The second kappa shape index (κ2) is 4.86. The fourth-order valence-electron chi connectivity index (χ4n) is 2.00. The van der Waals surface area contributed by atoms with Crippen molar-refractivity contribution in [2.24, 2.45) is 0 Å². The van der Waals surface area contributed by atoms with E-state index in [0.29, 0.717) is 11.4 Å². The van der Waals surface area contributed by atoms with Gasteiger partial charge in [0.2, 0.25) is 0 Å². The summed E-state index contributed by atoms with van der Waals surface area (Å²) >= 11 is 1.68. The Morgan fingerprint density at radius 3 is 2.80 bits per heavy atom. The van der Waals surface area contributed by atoms with Gasteiger partial charge in [0.15, 0.2) is 0 Å². The molecule has 5 heteroatoms. The van der Waals surface area contributed by atoms with Crippen LogP contribution in [0.2, 0.25) is 0 Å². The Morgan fingerprint density at radius 1 is 1.15 bits per heavy atom. The zero-order chi connectivity index (χ0) is 14.1. The Hall–Kier alpha value is -2.53. The van der Waals surface area contributed by atoms with E-state index in [4.69, 9.17) is 10.8 Å². The molecular weight excluding hydrogens is 272 g/mol. The molecule has 0 spiro atoms. The highest BCUT2D eigenvalue weighted by atomic mass is 32.1. The van der Waals surface area contributed by atoms with Gasteiger partial charge in [-0.15, -0.1) is 11.3 Å². The van der Waals surface area contributed by atoms with Crippen LogP contribution in [0.5, 0.6) is 0 Å². The third-order valence-electron chi connectivity index (χ3n) is 3.03. The van der Waals surface area contributed by atoms with Crippen LogP contribution in [0.3, 0.4) is 0 Å². The zero-order valence-corrected chi connectivity index (χ0v) is 11.3. The van der Waals surface area contributed by atoms with Gasteiger partial charge in [0.25, 0.3) is 0 Å². The van der Waals surface area contributed by atoms with Crippen LogP contribution in [0.1, 0.15) is 10.4 Å². The van der Waals surface area contributed by atoms with Gasteiger partial charge in [-0.1, -0.05) is 0 Å². The van der Waals surface area contributed by atoms with E-state index in [1.807, 2.05) is 29.6 Å². The average Bonchev–Trinajstić information content (AvgIpc) is 2.88. The lowest BCUT2D eigenvalue weighted by atomic mass is 10.1. The summed E-state index contributed by atoms with van der Waals surface area (Å²) in [6.07, 6.45) is 0. The summed E-state index contributed by atoms with van der Waals surface area (Å²) in [7, 11) is 0. The maximum absolute atomic E-state index is 11.0. The third-order valence-corrected chi connectivity index (χ3v) is 3.93. The molecule has 4 N–H and O–H groups in total. The van der Waals surface area contributed by atoms with Gasteiger partial charge < -0.3 is 16.2 Å². The van der Waals surface area contributed by atoms with E-state index in [2.05, 4.69) is 5.32 Å². The summed E-state index contributed by atoms with van der Waals surface area (Å²) in [6.45, 7) is 0. The molecule has 3 aromatic rings. The van der Waals surface area contributed by atoms with Gasteiger partial charge in [0.1, 0.15) is 0 Å². The first kappa shape index (κ1) is 12.5. The number of nitrogens with two attached hydrogens (primary N) is 1. The molecule has 1 aromatic heterocycles. The van der Waals surface area contributed by atoms with E-state index >= 15 is 0 Å². The number of benzene rings is 2. The Bertz CT molecular complexity index is 795. The first-order valence-electron chi connectivity index (χ1n) is 6.00. The number of anilines is 3. The number of nitrogen functional groups attached to an aromatic ring is 1. The molecule has 1 heterocycles.